The summed E-state index contributed by atoms with van der Waals surface area (Å²) < 4.78 is 25.8. The van der Waals surface area contributed by atoms with Gasteiger partial charge in [0.05, 0.1) is 18.1 Å². The number of carbonyl (C=O) groups excluding carboxylic acids is 1. The number of hydrogen-bond donors (Lipinski definition) is 2. The first-order valence-electron chi connectivity index (χ1n) is 9.11. The molecule has 0 radical (unpaired) electrons. The average molecular weight is 403 g/mol. The van der Waals surface area contributed by atoms with Gasteiger partial charge in [0, 0.05) is 19.8 Å². The third-order valence-electron chi connectivity index (χ3n) is 4.96. The Morgan fingerprint density at radius 2 is 1.73 bits per heavy atom. The van der Waals surface area contributed by atoms with Crippen LogP contribution in [0, 0.1) is 0 Å². The molecule has 1 saturated heterocycles. The number of hydrogen-bond acceptors (Lipinski definition) is 3. The van der Waals surface area contributed by atoms with E-state index < -0.39 is 10.0 Å². The van der Waals surface area contributed by atoms with Gasteiger partial charge < -0.3 is 10.2 Å². The minimum atomic E-state index is -3.67. The fourth-order valence-corrected chi connectivity index (χ4v) is 4.60. The van der Waals surface area contributed by atoms with Gasteiger partial charge in [0.25, 0.3) is 5.91 Å². The van der Waals surface area contributed by atoms with Crippen LogP contribution in [0.4, 0.5) is 5.69 Å². The molecule has 0 bridgehead atoms. The van der Waals surface area contributed by atoms with Crippen LogP contribution in [0.5, 0.6) is 0 Å². The van der Waals surface area contributed by atoms with Crippen molar-refractivity contribution in [2.24, 2.45) is 0 Å². The molecule has 1 fully saturated rings. The van der Waals surface area contributed by atoms with Gasteiger partial charge in [-0.3, -0.25) is 4.79 Å². The molecule has 146 valence electrons. The molecule has 1 aliphatic rings. The minimum Gasteiger partial charge on any atom is -0.325 e. The van der Waals surface area contributed by atoms with Crippen molar-refractivity contribution >= 4 is 33.2 Å². The first-order valence-corrected chi connectivity index (χ1v) is 10.9. The number of likely N-dealkylation sites (tertiary alicyclic amines) is 1. The number of rotatable bonds is 5. The molecular formula is C18H29ClN3O3S+. The van der Waals surface area contributed by atoms with E-state index in [1.54, 1.807) is 6.07 Å². The smallest absolute Gasteiger partial charge is 0.282 e. The summed E-state index contributed by atoms with van der Waals surface area (Å²) in [6.07, 6.45) is 6.00. The largest absolute Gasteiger partial charge is 0.325 e. The molecule has 1 atom stereocenters. The second kappa shape index (κ2) is 9.17. The number of benzene rings is 1. The molecule has 1 aliphatic heterocycles. The number of halogens is 1. The lowest BCUT2D eigenvalue weighted by Gasteiger charge is -2.27. The zero-order valence-corrected chi connectivity index (χ0v) is 17.3. The summed E-state index contributed by atoms with van der Waals surface area (Å²) in [5.74, 6) is -0.101. The van der Waals surface area contributed by atoms with Crippen molar-refractivity contribution in [3.8, 4) is 0 Å². The van der Waals surface area contributed by atoms with Gasteiger partial charge in [-0.2, -0.15) is 0 Å². The summed E-state index contributed by atoms with van der Waals surface area (Å²) in [5.41, 5.74) is 0.443. The van der Waals surface area contributed by atoms with Crippen molar-refractivity contribution in [2.75, 3.05) is 32.5 Å². The maximum Gasteiger partial charge on any atom is 0.282 e. The summed E-state index contributed by atoms with van der Waals surface area (Å²) in [5, 5.41) is 2.99. The Bertz CT molecular complexity index is 729. The molecule has 8 heteroatoms. The highest BCUT2D eigenvalue weighted by molar-refractivity contribution is 7.89. The predicted octanol–water partition coefficient (Wildman–Crippen LogP) is 1.77. The Labute approximate surface area is 161 Å². The van der Waals surface area contributed by atoms with E-state index in [9.17, 15) is 13.2 Å². The molecule has 2 N–H and O–H groups in total. The Morgan fingerprint density at radius 1 is 1.15 bits per heavy atom. The number of quaternary nitrogens is 1. The van der Waals surface area contributed by atoms with Gasteiger partial charge in [0.15, 0.2) is 6.04 Å². The van der Waals surface area contributed by atoms with Gasteiger partial charge in [0.2, 0.25) is 10.0 Å². The maximum atomic E-state index is 12.7. The second-order valence-electron chi connectivity index (χ2n) is 7.07. The van der Waals surface area contributed by atoms with Crippen LogP contribution in [0.15, 0.2) is 23.1 Å². The van der Waals surface area contributed by atoms with E-state index >= 15 is 0 Å². The van der Waals surface area contributed by atoms with Crippen molar-refractivity contribution in [1.29, 1.82) is 0 Å². The number of nitrogens with zero attached hydrogens (tertiary/aromatic N) is 1. The zero-order valence-electron chi connectivity index (χ0n) is 15.7. The van der Waals surface area contributed by atoms with E-state index in [0.717, 1.165) is 30.2 Å². The van der Waals surface area contributed by atoms with Crippen LogP contribution >= 0.6 is 11.6 Å². The Kier molecular flexibility index (Phi) is 7.46. The van der Waals surface area contributed by atoms with E-state index in [2.05, 4.69) is 5.32 Å². The van der Waals surface area contributed by atoms with Gasteiger partial charge in [0.1, 0.15) is 4.90 Å². The van der Waals surface area contributed by atoms with E-state index in [1.165, 1.54) is 50.4 Å². The van der Waals surface area contributed by atoms with E-state index in [-0.39, 0.29) is 21.9 Å². The normalized spacial score (nSPS) is 18.2. The molecule has 1 amide bonds. The van der Waals surface area contributed by atoms with Crippen LogP contribution in [0.1, 0.15) is 39.0 Å². The van der Waals surface area contributed by atoms with Crippen molar-refractivity contribution in [3.63, 3.8) is 0 Å². The Hall–Kier alpha value is -1.15. The predicted molar refractivity (Wildman–Crippen MR) is 104 cm³/mol. The van der Waals surface area contributed by atoms with Gasteiger partial charge in [-0.05, 0) is 50.8 Å². The van der Waals surface area contributed by atoms with Gasteiger partial charge in [-0.25, -0.2) is 12.7 Å². The van der Waals surface area contributed by atoms with Crippen LogP contribution in [-0.2, 0) is 14.8 Å². The minimum absolute atomic E-state index is 0.00627. The topological polar surface area (TPSA) is 70.9 Å². The fraction of sp³-hybridized carbons (Fsp3) is 0.611. The van der Waals surface area contributed by atoms with Crippen molar-refractivity contribution in [3.05, 3.63) is 23.2 Å². The van der Waals surface area contributed by atoms with Crippen LogP contribution in [0.2, 0.25) is 5.02 Å². The summed E-state index contributed by atoms with van der Waals surface area (Å²) in [7, 11) is -0.773. The number of amides is 1. The molecule has 26 heavy (non-hydrogen) atoms. The molecule has 1 aromatic carbocycles. The van der Waals surface area contributed by atoms with E-state index in [1.807, 2.05) is 6.92 Å². The molecule has 0 aliphatic carbocycles. The molecule has 0 unspecified atom stereocenters. The van der Waals surface area contributed by atoms with Crippen molar-refractivity contribution < 1.29 is 18.1 Å². The molecular weight excluding hydrogens is 374 g/mol. The highest BCUT2D eigenvalue weighted by Crippen LogP contribution is 2.26. The van der Waals surface area contributed by atoms with Gasteiger partial charge in [-0.15, -0.1) is 0 Å². The van der Waals surface area contributed by atoms with Crippen LogP contribution in [-0.4, -0.2) is 51.9 Å². The molecule has 1 aromatic rings. The van der Waals surface area contributed by atoms with Crippen molar-refractivity contribution in [2.45, 2.75) is 50.0 Å². The molecule has 2 rings (SSSR count). The lowest BCUT2D eigenvalue weighted by molar-refractivity contribution is -0.914. The summed E-state index contributed by atoms with van der Waals surface area (Å²) in [6, 6.07) is 4.37. The number of sulfonamides is 1. The third kappa shape index (κ3) is 5.19. The molecule has 6 nitrogen and oxygen atoms in total. The first kappa shape index (κ1) is 21.2. The van der Waals surface area contributed by atoms with Gasteiger partial charge >= 0.3 is 0 Å². The third-order valence-corrected chi connectivity index (χ3v) is 7.26. The van der Waals surface area contributed by atoms with E-state index in [0.29, 0.717) is 5.69 Å². The SMILES string of the molecule is C[C@@H](C(=O)Nc1ccc(Cl)c(S(=O)(=O)N(C)C)c1)[NH+]1CCCCCCC1. The van der Waals surface area contributed by atoms with E-state index in [4.69, 9.17) is 11.6 Å². The maximum absolute atomic E-state index is 12.7. The monoisotopic (exact) mass is 402 g/mol. The molecule has 0 aromatic heterocycles. The highest BCUT2D eigenvalue weighted by atomic mass is 35.5. The molecule has 0 spiro atoms. The number of carbonyl (C=O) groups is 1. The van der Waals surface area contributed by atoms with Crippen LogP contribution in [0.25, 0.3) is 0 Å². The average Bonchev–Trinajstić information content (AvgIpc) is 2.55. The summed E-state index contributed by atoms with van der Waals surface area (Å²) >= 11 is 6.06. The summed E-state index contributed by atoms with van der Waals surface area (Å²) in [4.78, 5) is 13.9. The van der Waals surface area contributed by atoms with Crippen LogP contribution < -0.4 is 10.2 Å². The van der Waals surface area contributed by atoms with Crippen molar-refractivity contribution in [1.82, 2.24) is 4.31 Å². The standard InChI is InChI=1S/C18H28ClN3O3S/c1-14(22-11-7-5-4-6-8-12-22)18(23)20-15-9-10-16(19)17(13-15)26(24,25)21(2)3/h9-10,13-14H,4-8,11-12H2,1-3H3,(H,20,23)/p+1/t14-/m0/s1. The first-order chi connectivity index (χ1) is 12.2. The molecule has 1 heterocycles. The second-order valence-corrected chi connectivity index (χ2v) is 9.60. The Balaban J connectivity index is 2.13. The highest BCUT2D eigenvalue weighted by Gasteiger charge is 2.26. The number of anilines is 1. The number of nitrogens with one attached hydrogen (secondary N) is 2. The van der Waals surface area contributed by atoms with Crippen LogP contribution in [0.3, 0.4) is 0 Å². The summed E-state index contributed by atoms with van der Waals surface area (Å²) in [6.45, 7) is 3.92. The zero-order chi connectivity index (χ0) is 19.3. The Morgan fingerprint density at radius 3 is 2.31 bits per heavy atom. The quantitative estimate of drug-likeness (QED) is 0.788. The lowest BCUT2D eigenvalue weighted by Crippen LogP contribution is -3.16. The lowest BCUT2D eigenvalue weighted by atomic mass is 10.1. The van der Waals surface area contributed by atoms with Gasteiger partial charge in [-0.1, -0.05) is 18.0 Å². The fourth-order valence-electron chi connectivity index (χ4n) is 3.20. The molecule has 0 saturated carbocycles.